The second-order valence-electron chi connectivity index (χ2n) is 9.63. The predicted octanol–water partition coefficient (Wildman–Crippen LogP) is 6.23. The molecule has 1 aliphatic carbocycles. The molecular weight excluding hydrogens is 598 g/mol. The van der Waals surface area contributed by atoms with E-state index >= 15 is 0 Å². The van der Waals surface area contributed by atoms with Crippen molar-refractivity contribution in [1.29, 1.82) is 0 Å². The van der Waals surface area contributed by atoms with Gasteiger partial charge in [0.15, 0.2) is 0 Å². The van der Waals surface area contributed by atoms with Crippen molar-refractivity contribution >= 4 is 79.3 Å². The normalized spacial score (nSPS) is 14.4. The van der Waals surface area contributed by atoms with Crippen LogP contribution in [0.3, 0.4) is 0 Å². The molecule has 0 spiro atoms. The van der Waals surface area contributed by atoms with Crippen molar-refractivity contribution in [3.05, 3.63) is 80.0 Å². The zero-order valence-electron chi connectivity index (χ0n) is 22.7. The molecule has 2 N–H and O–H groups in total. The Morgan fingerprint density at radius 1 is 1.05 bits per heavy atom. The average molecular weight is 624 g/mol. The number of benzene rings is 2. The highest BCUT2D eigenvalue weighted by Crippen LogP contribution is 2.40. The number of hydrogen-bond acceptors (Lipinski definition) is 9. The van der Waals surface area contributed by atoms with Crippen molar-refractivity contribution < 1.29 is 28.7 Å². The zero-order chi connectivity index (χ0) is 29.8. The lowest BCUT2D eigenvalue weighted by Gasteiger charge is -2.18. The van der Waals surface area contributed by atoms with Crippen LogP contribution in [0.5, 0.6) is 5.75 Å². The summed E-state index contributed by atoms with van der Waals surface area (Å²) in [5.41, 5.74) is 3.98. The van der Waals surface area contributed by atoms with Crippen LogP contribution in [0.25, 0.3) is 10.1 Å². The highest BCUT2D eigenvalue weighted by Gasteiger charge is 2.30. The monoisotopic (exact) mass is 623 g/mol. The first kappa shape index (κ1) is 29.4. The van der Waals surface area contributed by atoms with Crippen molar-refractivity contribution in [3.63, 3.8) is 0 Å². The number of halogens is 1. The Morgan fingerprint density at radius 3 is 2.55 bits per heavy atom. The molecule has 42 heavy (non-hydrogen) atoms. The summed E-state index contributed by atoms with van der Waals surface area (Å²) in [6.07, 6.45) is 3.79. The molecule has 2 aromatic heterocycles. The number of esters is 2. The first-order chi connectivity index (χ1) is 20.2. The number of ether oxygens (including phenoxy) is 2. The van der Waals surface area contributed by atoms with E-state index in [9.17, 15) is 19.2 Å². The van der Waals surface area contributed by atoms with Crippen LogP contribution in [-0.2, 0) is 27.2 Å². The molecule has 0 fully saturated rings. The van der Waals surface area contributed by atoms with Gasteiger partial charge in [0.1, 0.15) is 15.6 Å². The number of nitrogens with one attached hydrogen (secondary N) is 2. The third-order valence-corrected chi connectivity index (χ3v) is 9.44. The quantitative estimate of drug-likeness (QED) is 0.0828. The molecule has 2 heterocycles. The number of thiophene rings is 2. The summed E-state index contributed by atoms with van der Waals surface area (Å²) in [7, 11) is 0. The van der Waals surface area contributed by atoms with Crippen LogP contribution in [0.1, 0.15) is 56.3 Å². The fourth-order valence-corrected chi connectivity index (χ4v) is 7.33. The van der Waals surface area contributed by atoms with Gasteiger partial charge >= 0.3 is 23.8 Å². The van der Waals surface area contributed by atoms with E-state index in [0.29, 0.717) is 44.1 Å². The van der Waals surface area contributed by atoms with Crippen LogP contribution in [0.4, 0.5) is 5.00 Å². The Hall–Kier alpha value is -4.06. The highest BCUT2D eigenvalue weighted by molar-refractivity contribution is 7.21. The van der Waals surface area contributed by atoms with Gasteiger partial charge in [0.05, 0.1) is 23.4 Å². The number of nitrogens with zero attached hydrogens (tertiary/aromatic N) is 1. The number of hydrogen-bond donors (Lipinski definition) is 2. The van der Waals surface area contributed by atoms with Gasteiger partial charge in [0, 0.05) is 15.0 Å². The molecule has 0 radical (unpaired) electrons. The maximum Gasteiger partial charge on any atom is 0.355 e. The third kappa shape index (κ3) is 6.38. The second kappa shape index (κ2) is 12.8. The van der Waals surface area contributed by atoms with Crippen molar-refractivity contribution in [2.45, 2.75) is 33.1 Å². The van der Waals surface area contributed by atoms with Gasteiger partial charge in [-0.05, 0) is 73.6 Å². The number of carbonyl (C=O) groups excluding carboxylic acids is 4. The van der Waals surface area contributed by atoms with Gasteiger partial charge < -0.3 is 14.8 Å². The standard InChI is InChI=1S/C30H26ClN3O6S2/c1-3-39-29(37)23-19-13-8-16(2)14-22(19)42-28(23)33-26(35)27(36)34-32-15-17-9-11-18(12-10-17)40-30(38)25-24(31)20-6-4-5-7-21(20)41-25/h4-7,9-12,15-16H,3,8,13-14H2,1-2H3,(H,33,35)(H,34,36)/b32-15+. The van der Waals surface area contributed by atoms with E-state index in [0.717, 1.165) is 33.4 Å². The van der Waals surface area contributed by atoms with E-state index in [1.165, 1.54) is 28.9 Å². The molecule has 0 aliphatic heterocycles. The van der Waals surface area contributed by atoms with E-state index in [4.69, 9.17) is 21.1 Å². The summed E-state index contributed by atoms with van der Waals surface area (Å²) in [4.78, 5) is 51.7. The minimum absolute atomic E-state index is 0.201. The van der Waals surface area contributed by atoms with Crippen LogP contribution >= 0.6 is 34.3 Å². The Morgan fingerprint density at radius 2 is 1.81 bits per heavy atom. The van der Waals surface area contributed by atoms with Gasteiger partial charge in [0.25, 0.3) is 0 Å². The number of carbonyl (C=O) groups is 4. The van der Waals surface area contributed by atoms with Crippen LogP contribution in [0.2, 0.25) is 5.02 Å². The summed E-state index contributed by atoms with van der Waals surface area (Å²) in [6.45, 7) is 4.05. The van der Waals surface area contributed by atoms with Crippen molar-refractivity contribution in [1.82, 2.24) is 5.43 Å². The lowest BCUT2D eigenvalue weighted by Crippen LogP contribution is -2.32. The number of amides is 2. The van der Waals surface area contributed by atoms with E-state index in [-0.39, 0.29) is 6.61 Å². The van der Waals surface area contributed by atoms with Crippen molar-refractivity contribution in [2.24, 2.45) is 11.0 Å². The number of anilines is 1. The Balaban J connectivity index is 1.18. The summed E-state index contributed by atoms with van der Waals surface area (Å²) in [5, 5.41) is 7.85. The molecule has 1 atom stereocenters. The summed E-state index contributed by atoms with van der Waals surface area (Å²) >= 11 is 8.92. The van der Waals surface area contributed by atoms with Gasteiger partial charge in [-0.25, -0.2) is 15.0 Å². The van der Waals surface area contributed by atoms with Gasteiger partial charge in [-0.1, -0.05) is 36.7 Å². The molecule has 0 saturated carbocycles. The number of hydrazone groups is 1. The summed E-state index contributed by atoms with van der Waals surface area (Å²) < 4.78 is 11.6. The molecular formula is C30H26ClN3O6S2. The SMILES string of the molecule is CCOC(=O)c1c(NC(=O)C(=O)N/N=C/c2ccc(OC(=O)c3sc4ccccc4c3Cl)cc2)sc2c1CCC(C)C2. The molecule has 1 aliphatic rings. The maximum absolute atomic E-state index is 12.7. The van der Waals surface area contributed by atoms with Crippen LogP contribution < -0.4 is 15.5 Å². The van der Waals surface area contributed by atoms with E-state index in [1.54, 1.807) is 31.2 Å². The van der Waals surface area contributed by atoms with Crippen molar-refractivity contribution in [3.8, 4) is 5.75 Å². The third-order valence-electron chi connectivity index (χ3n) is 6.62. The molecule has 5 rings (SSSR count). The number of rotatable bonds is 7. The lowest BCUT2D eigenvalue weighted by molar-refractivity contribution is -0.136. The molecule has 12 heteroatoms. The van der Waals surface area contributed by atoms with Gasteiger partial charge in [-0.2, -0.15) is 5.10 Å². The Labute approximate surface area is 254 Å². The van der Waals surface area contributed by atoms with Crippen LogP contribution in [0.15, 0.2) is 53.6 Å². The van der Waals surface area contributed by atoms with E-state index < -0.39 is 23.8 Å². The number of fused-ring (bicyclic) bond motifs is 2. The predicted molar refractivity (Wildman–Crippen MR) is 164 cm³/mol. The van der Waals surface area contributed by atoms with Crippen molar-refractivity contribution in [2.75, 3.05) is 11.9 Å². The first-order valence-corrected chi connectivity index (χ1v) is 15.2. The molecule has 2 amide bonds. The molecule has 0 saturated heterocycles. The van der Waals surface area contributed by atoms with Crippen LogP contribution in [-0.4, -0.2) is 36.6 Å². The zero-order valence-corrected chi connectivity index (χ0v) is 25.1. The van der Waals surface area contributed by atoms with Gasteiger partial charge in [-0.3, -0.25) is 9.59 Å². The molecule has 1 unspecified atom stereocenters. The largest absolute Gasteiger partial charge is 0.462 e. The van der Waals surface area contributed by atoms with E-state index in [2.05, 4.69) is 22.8 Å². The average Bonchev–Trinajstić information content (AvgIpc) is 3.50. The fourth-order valence-electron chi connectivity index (χ4n) is 4.55. The molecule has 9 nitrogen and oxygen atoms in total. The molecule has 0 bridgehead atoms. The minimum Gasteiger partial charge on any atom is -0.462 e. The van der Waals surface area contributed by atoms with Crippen LogP contribution in [0, 0.1) is 5.92 Å². The minimum atomic E-state index is -0.994. The maximum atomic E-state index is 12.7. The lowest BCUT2D eigenvalue weighted by atomic mass is 9.88. The van der Waals surface area contributed by atoms with Gasteiger partial charge in [0.2, 0.25) is 0 Å². The molecule has 4 aromatic rings. The smallest absolute Gasteiger partial charge is 0.355 e. The van der Waals surface area contributed by atoms with Gasteiger partial charge in [-0.15, -0.1) is 22.7 Å². The second-order valence-corrected chi connectivity index (χ2v) is 12.2. The first-order valence-electron chi connectivity index (χ1n) is 13.2. The molecule has 216 valence electrons. The highest BCUT2D eigenvalue weighted by atomic mass is 35.5. The summed E-state index contributed by atoms with van der Waals surface area (Å²) in [5.74, 6) is -2.25. The summed E-state index contributed by atoms with van der Waals surface area (Å²) in [6, 6.07) is 13.9. The Kier molecular flexibility index (Phi) is 9.00. The molecule has 2 aromatic carbocycles. The topological polar surface area (TPSA) is 123 Å². The Bertz CT molecular complexity index is 1710. The fraction of sp³-hybridized carbons (Fsp3) is 0.233. The van der Waals surface area contributed by atoms with E-state index in [1.807, 2.05) is 24.3 Å².